The number of hydrogen-bond donors (Lipinski definition) is 1. The lowest BCUT2D eigenvalue weighted by molar-refractivity contribution is -0.0558. The summed E-state index contributed by atoms with van der Waals surface area (Å²) >= 11 is 0. The molecule has 0 amide bonds. The maximum absolute atomic E-state index is 10.00. The van der Waals surface area contributed by atoms with Gasteiger partial charge in [-0.05, 0) is 46.8 Å². The number of rotatable bonds is 5. The second-order valence-corrected chi connectivity index (χ2v) is 6.17. The number of β-amino-alcohol motifs (C(OH)–C–C–N with tert-alkyl or cyclic N) is 1. The molecule has 4 heteroatoms. The van der Waals surface area contributed by atoms with E-state index in [1.807, 2.05) is 20.8 Å². The maximum Gasteiger partial charge on any atom is 0.0900 e. The monoisotopic (exact) mass is 258 g/mol. The summed E-state index contributed by atoms with van der Waals surface area (Å²) in [6.45, 7) is 15.0. The molecule has 0 saturated carbocycles. The van der Waals surface area contributed by atoms with Crippen molar-refractivity contribution in [2.75, 3.05) is 45.9 Å². The number of aliphatic hydroxyl groups excluding tert-OH is 1. The van der Waals surface area contributed by atoms with E-state index in [0.717, 1.165) is 32.7 Å². The molecule has 1 fully saturated rings. The molecule has 1 rings (SSSR count). The Bertz CT molecular complexity index is 228. The van der Waals surface area contributed by atoms with Gasteiger partial charge in [-0.15, -0.1) is 0 Å². The fraction of sp³-hybridized carbons (Fsp3) is 1.00. The Hall–Kier alpha value is -0.160. The standard InChI is InChI=1S/C14H30N2O2/c1-5-15-7-6-8-16(10-9-15)11-13(17)12-18-14(2,3)4/h13,17H,5-12H2,1-4H3. The minimum Gasteiger partial charge on any atom is -0.389 e. The zero-order chi connectivity index (χ0) is 13.6. The van der Waals surface area contributed by atoms with Gasteiger partial charge in [-0.1, -0.05) is 6.92 Å². The Morgan fingerprint density at radius 2 is 1.72 bits per heavy atom. The summed E-state index contributed by atoms with van der Waals surface area (Å²) in [6.07, 6.45) is 0.818. The summed E-state index contributed by atoms with van der Waals surface area (Å²) in [5.74, 6) is 0. The third kappa shape index (κ3) is 6.69. The molecule has 0 radical (unpaired) electrons. The van der Waals surface area contributed by atoms with Crippen molar-refractivity contribution in [3.63, 3.8) is 0 Å². The van der Waals surface area contributed by atoms with Gasteiger partial charge in [0, 0.05) is 19.6 Å². The van der Waals surface area contributed by atoms with E-state index in [-0.39, 0.29) is 11.7 Å². The van der Waals surface area contributed by atoms with Crippen molar-refractivity contribution in [1.29, 1.82) is 0 Å². The van der Waals surface area contributed by atoms with Crippen LogP contribution < -0.4 is 0 Å². The first-order valence-electron chi connectivity index (χ1n) is 7.17. The highest BCUT2D eigenvalue weighted by Gasteiger charge is 2.18. The SMILES string of the molecule is CCN1CCCN(CC(O)COC(C)(C)C)CC1. The minimum atomic E-state index is -0.377. The Labute approximate surface area is 112 Å². The summed E-state index contributed by atoms with van der Waals surface area (Å²) in [5, 5.41) is 10.00. The third-order valence-corrected chi connectivity index (χ3v) is 3.31. The van der Waals surface area contributed by atoms with Gasteiger partial charge in [0.25, 0.3) is 0 Å². The van der Waals surface area contributed by atoms with Crippen molar-refractivity contribution in [2.45, 2.75) is 45.8 Å². The molecule has 18 heavy (non-hydrogen) atoms. The maximum atomic E-state index is 10.00. The first-order valence-corrected chi connectivity index (χ1v) is 7.17. The third-order valence-electron chi connectivity index (χ3n) is 3.31. The lowest BCUT2D eigenvalue weighted by Gasteiger charge is -2.26. The van der Waals surface area contributed by atoms with Crippen LogP contribution in [0.4, 0.5) is 0 Å². The zero-order valence-corrected chi connectivity index (χ0v) is 12.5. The molecule has 0 aromatic heterocycles. The smallest absolute Gasteiger partial charge is 0.0900 e. The Morgan fingerprint density at radius 1 is 1.11 bits per heavy atom. The van der Waals surface area contributed by atoms with Crippen molar-refractivity contribution in [1.82, 2.24) is 9.80 Å². The Balaban J connectivity index is 2.25. The van der Waals surface area contributed by atoms with Crippen LogP contribution in [0.25, 0.3) is 0 Å². The Kier molecular flexibility index (Phi) is 6.57. The molecule has 1 atom stereocenters. The quantitative estimate of drug-likeness (QED) is 0.803. The molecule has 108 valence electrons. The van der Waals surface area contributed by atoms with Crippen LogP contribution in [0.15, 0.2) is 0 Å². The van der Waals surface area contributed by atoms with Gasteiger partial charge >= 0.3 is 0 Å². The van der Waals surface area contributed by atoms with Gasteiger partial charge in [-0.2, -0.15) is 0 Å². The van der Waals surface area contributed by atoms with Gasteiger partial charge in [0.1, 0.15) is 0 Å². The van der Waals surface area contributed by atoms with E-state index in [9.17, 15) is 5.11 Å². The predicted molar refractivity (Wildman–Crippen MR) is 74.9 cm³/mol. The molecule has 1 saturated heterocycles. The van der Waals surface area contributed by atoms with Crippen molar-refractivity contribution in [3.05, 3.63) is 0 Å². The number of nitrogens with zero attached hydrogens (tertiary/aromatic N) is 2. The van der Waals surface area contributed by atoms with E-state index in [2.05, 4.69) is 16.7 Å². The molecule has 1 heterocycles. The lowest BCUT2D eigenvalue weighted by Crippen LogP contribution is -2.38. The van der Waals surface area contributed by atoms with Gasteiger partial charge < -0.3 is 14.7 Å². The molecule has 0 spiro atoms. The molecular formula is C14H30N2O2. The van der Waals surface area contributed by atoms with E-state index < -0.39 is 0 Å². The molecule has 0 aliphatic carbocycles. The van der Waals surface area contributed by atoms with Gasteiger partial charge in [-0.3, -0.25) is 4.90 Å². The second kappa shape index (κ2) is 7.43. The van der Waals surface area contributed by atoms with Crippen LogP contribution in [0.2, 0.25) is 0 Å². The minimum absolute atomic E-state index is 0.168. The molecule has 4 nitrogen and oxygen atoms in total. The number of likely N-dealkylation sites (N-methyl/N-ethyl adjacent to an activating group) is 1. The van der Waals surface area contributed by atoms with Crippen LogP contribution in [-0.4, -0.2) is 72.5 Å². The first kappa shape index (κ1) is 15.9. The molecule has 0 aromatic carbocycles. The van der Waals surface area contributed by atoms with Crippen LogP contribution in [0.3, 0.4) is 0 Å². The molecule has 1 aliphatic rings. The van der Waals surface area contributed by atoms with Crippen molar-refractivity contribution >= 4 is 0 Å². The Morgan fingerprint density at radius 3 is 2.33 bits per heavy atom. The van der Waals surface area contributed by atoms with Crippen LogP contribution >= 0.6 is 0 Å². The van der Waals surface area contributed by atoms with Crippen LogP contribution in [0.5, 0.6) is 0 Å². The molecular weight excluding hydrogens is 228 g/mol. The van der Waals surface area contributed by atoms with Crippen molar-refractivity contribution < 1.29 is 9.84 Å². The highest BCUT2D eigenvalue weighted by molar-refractivity contribution is 4.72. The topological polar surface area (TPSA) is 35.9 Å². The summed E-state index contributed by atoms with van der Waals surface area (Å²) < 4.78 is 5.62. The van der Waals surface area contributed by atoms with E-state index in [1.165, 1.54) is 13.0 Å². The summed E-state index contributed by atoms with van der Waals surface area (Å²) in [4.78, 5) is 4.82. The molecule has 0 bridgehead atoms. The van der Waals surface area contributed by atoms with Gasteiger partial charge in [0.2, 0.25) is 0 Å². The largest absolute Gasteiger partial charge is 0.389 e. The van der Waals surface area contributed by atoms with Gasteiger partial charge in [-0.25, -0.2) is 0 Å². The summed E-state index contributed by atoms with van der Waals surface area (Å²) in [6, 6.07) is 0. The fourth-order valence-corrected chi connectivity index (χ4v) is 2.22. The molecule has 1 aliphatic heterocycles. The summed E-state index contributed by atoms with van der Waals surface area (Å²) in [7, 11) is 0. The molecule has 1 N–H and O–H groups in total. The molecule has 0 aromatic rings. The predicted octanol–water partition coefficient (Wildman–Crippen LogP) is 1.19. The highest BCUT2D eigenvalue weighted by Crippen LogP contribution is 2.08. The summed E-state index contributed by atoms with van der Waals surface area (Å²) in [5.41, 5.74) is -0.168. The van der Waals surface area contributed by atoms with Crippen LogP contribution in [0.1, 0.15) is 34.1 Å². The molecule has 1 unspecified atom stereocenters. The average molecular weight is 258 g/mol. The van der Waals surface area contributed by atoms with Crippen LogP contribution in [0, 0.1) is 0 Å². The van der Waals surface area contributed by atoms with Gasteiger partial charge in [0.05, 0.1) is 18.3 Å². The van der Waals surface area contributed by atoms with Crippen molar-refractivity contribution in [2.24, 2.45) is 0 Å². The van der Waals surface area contributed by atoms with Crippen LogP contribution in [-0.2, 0) is 4.74 Å². The van der Waals surface area contributed by atoms with Crippen molar-refractivity contribution in [3.8, 4) is 0 Å². The fourth-order valence-electron chi connectivity index (χ4n) is 2.22. The van der Waals surface area contributed by atoms with Gasteiger partial charge in [0.15, 0.2) is 0 Å². The number of hydrogen-bond acceptors (Lipinski definition) is 4. The average Bonchev–Trinajstić information content (AvgIpc) is 2.51. The second-order valence-electron chi connectivity index (χ2n) is 6.17. The van der Waals surface area contributed by atoms with E-state index >= 15 is 0 Å². The van der Waals surface area contributed by atoms with E-state index in [1.54, 1.807) is 0 Å². The zero-order valence-electron chi connectivity index (χ0n) is 12.5. The highest BCUT2D eigenvalue weighted by atomic mass is 16.5. The number of ether oxygens (including phenoxy) is 1. The van der Waals surface area contributed by atoms with E-state index in [4.69, 9.17) is 4.74 Å². The first-order chi connectivity index (χ1) is 8.40. The lowest BCUT2D eigenvalue weighted by atomic mass is 10.2. The normalized spacial score (nSPS) is 21.8. The van der Waals surface area contributed by atoms with E-state index in [0.29, 0.717) is 6.61 Å². The number of aliphatic hydroxyl groups is 1.